The molecule has 2 rings (SSSR count). The molecule has 0 atom stereocenters. The van der Waals surface area contributed by atoms with E-state index in [1.54, 1.807) is 12.2 Å². The van der Waals surface area contributed by atoms with Crippen LogP contribution in [-0.2, 0) is 4.79 Å². The molecule has 2 N–H and O–H groups in total. The lowest BCUT2D eigenvalue weighted by Crippen LogP contribution is -1.98. The van der Waals surface area contributed by atoms with Crippen LogP contribution >= 0.6 is 0 Å². The van der Waals surface area contributed by atoms with E-state index < -0.39 is 0 Å². The minimum absolute atomic E-state index is 0. The highest BCUT2D eigenvalue weighted by Gasteiger charge is 2.16. The first-order chi connectivity index (χ1) is 13.5. The monoisotopic (exact) mass is 410 g/mol. The quantitative estimate of drug-likeness (QED) is 0.576. The Balaban J connectivity index is 0.00000450. The fraction of sp³-hybridized carbons (Fsp3) is 0.346. The van der Waals surface area contributed by atoms with Gasteiger partial charge in [0.1, 0.15) is 5.75 Å². The molecule has 0 heterocycles. The fourth-order valence-corrected chi connectivity index (χ4v) is 3.59. The second-order valence-electron chi connectivity index (χ2n) is 7.50. The number of carbonyl (C=O) groups is 1. The van der Waals surface area contributed by atoms with E-state index in [1.807, 2.05) is 48.5 Å². The summed E-state index contributed by atoms with van der Waals surface area (Å²) in [5, 5.41) is 20.4. The number of allylic oxidation sites excluding steroid dienone is 2. The first-order valence-corrected chi connectivity index (χ1v) is 9.59. The number of rotatable bonds is 5. The van der Waals surface area contributed by atoms with Crippen molar-refractivity contribution in [2.75, 3.05) is 7.11 Å². The van der Waals surface area contributed by atoms with Crippen LogP contribution in [0.5, 0.6) is 17.2 Å². The summed E-state index contributed by atoms with van der Waals surface area (Å²) >= 11 is 0. The predicted octanol–water partition coefficient (Wildman–Crippen LogP) is 6.20. The third kappa shape index (κ3) is 4.43. The van der Waals surface area contributed by atoms with Gasteiger partial charge in [-0.05, 0) is 105 Å². The number of benzene rings is 2. The molecule has 0 spiro atoms. The molecule has 0 fully saturated rings. The number of hydrogen-bond donors (Lipinski definition) is 2. The van der Waals surface area contributed by atoms with Crippen molar-refractivity contribution in [1.29, 1.82) is 0 Å². The summed E-state index contributed by atoms with van der Waals surface area (Å²) in [5.74, 6) is 0.730. The zero-order valence-electron chi connectivity index (χ0n) is 18.5. The van der Waals surface area contributed by atoms with E-state index in [2.05, 4.69) is 0 Å². The van der Waals surface area contributed by atoms with Gasteiger partial charge < -0.3 is 14.9 Å². The van der Waals surface area contributed by atoms with Gasteiger partial charge in [0.2, 0.25) is 0 Å². The van der Waals surface area contributed by atoms with Gasteiger partial charge in [0.15, 0.2) is 17.3 Å². The second kappa shape index (κ2) is 9.66. The van der Waals surface area contributed by atoms with Crippen molar-refractivity contribution in [2.45, 2.75) is 55.9 Å². The first kappa shape index (κ1) is 25.0. The van der Waals surface area contributed by atoms with Gasteiger partial charge in [-0.2, -0.15) is 0 Å². The van der Waals surface area contributed by atoms with E-state index >= 15 is 0 Å². The molecule has 4 heteroatoms. The highest BCUT2D eigenvalue weighted by molar-refractivity contribution is 6.05. The summed E-state index contributed by atoms with van der Waals surface area (Å²) in [6, 6.07) is 0. The number of aromatic hydroxyl groups is 2. The van der Waals surface area contributed by atoms with Crippen molar-refractivity contribution in [1.82, 2.24) is 0 Å². The van der Waals surface area contributed by atoms with Crippen LogP contribution in [0.25, 0.3) is 12.2 Å². The van der Waals surface area contributed by atoms with Crippen LogP contribution < -0.4 is 4.74 Å². The molecule has 0 radical (unpaired) electrons. The lowest BCUT2D eigenvalue weighted by molar-refractivity contribution is -0.110. The van der Waals surface area contributed by atoms with Gasteiger partial charge in [-0.3, -0.25) is 4.79 Å². The highest BCUT2D eigenvalue weighted by Crippen LogP contribution is 2.38. The Labute approximate surface area is 180 Å². The Bertz CT molecular complexity index is 1010. The van der Waals surface area contributed by atoms with Crippen LogP contribution in [0, 0.1) is 48.5 Å². The summed E-state index contributed by atoms with van der Waals surface area (Å²) in [6.45, 7) is 13.2. The maximum absolute atomic E-state index is 12.5. The van der Waals surface area contributed by atoms with Crippen molar-refractivity contribution in [3.05, 3.63) is 62.2 Å². The number of phenols is 2. The van der Waals surface area contributed by atoms with E-state index in [1.165, 1.54) is 19.3 Å². The molecule has 2 aromatic carbocycles. The molecule has 0 aliphatic carbocycles. The molecule has 0 aliphatic rings. The smallest absolute Gasteiger partial charge is 0.178 e. The molecule has 0 unspecified atom stereocenters. The molecule has 0 amide bonds. The molecular formula is C26H34O4. The minimum atomic E-state index is -0.143. The van der Waals surface area contributed by atoms with Gasteiger partial charge >= 0.3 is 0 Å². The zero-order chi connectivity index (χ0) is 22.0. The molecule has 0 aliphatic heterocycles. The van der Waals surface area contributed by atoms with E-state index in [0.29, 0.717) is 11.5 Å². The van der Waals surface area contributed by atoms with E-state index in [-0.39, 0.29) is 19.0 Å². The van der Waals surface area contributed by atoms with Crippen molar-refractivity contribution in [3.63, 3.8) is 0 Å². The Morgan fingerprint density at radius 3 is 1.43 bits per heavy atom. The largest absolute Gasteiger partial charge is 0.507 e. The molecule has 4 nitrogen and oxygen atoms in total. The molecule has 162 valence electrons. The number of carbonyl (C=O) groups excluding carboxylic acids is 1. The van der Waals surface area contributed by atoms with E-state index in [9.17, 15) is 15.0 Å². The third-order valence-electron chi connectivity index (χ3n) is 5.96. The summed E-state index contributed by atoms with van der Waals surface area (Å²) in [6.07, 6.45) is 6.63. The number of ketones is 1. The van der Waals surface area contributed by atoms with Gasteiger partial charge in [0.25, 0.3) is 0 Å². The summed E-state index contributed by atoms with van der Waals surface area (Å²) in [4.78, 5) is 12.5. The van der Waals surface area contributed by atoms with Crippen LogP contribution in [0.3, 0.4) is 0 Å². The summed E-state index contributed by atoms with van der Waals surface area (Å²) in [5.41, 5.74) is 7.83. The van der Waals surface area contributed by atoms with Crippen LogP contribution in [0.2, 0.25) is 0 Å². The Morgan fingerprint density at radius 2 is 1.03 bits per heavy atom. The summed E-state index contributed by atoms with van der Waals surface area (Å²) < 4.78 is 5.32. The average molecular weight is 411 g/mol. The van der Waals surface area contributed by atoms with Gasteiger partial charge in [-0.1, -0.05) is 19.6 Å². The Kier molecular flexibility index (Phi) is 8.06. The van der Waals surface area contributed by atoms with Gasteiger partial charge in [-0.25, -0.2) is 0 Å². The van der Waals surface area contributed by atoms with Crippen LogP contribution in [0.15, 0.2) is 12.2 Å². The minimum Gasteiger partial charge on any atom is -0.507 e. The van der Waals surface area contributed by atoms with Crippen molar-refractivity contribution >= 4 is 17.9 Å². The first-order valence-electron chi connectivity index (χ1n) is 9.59. The van der Waals surface area contributed by atoms with Gasteiger partial charge in [0, 0.05) is 5.56 Å². The standard InChI is InChI=1S/C25H30O4.CH4/c1-13-16(4)23(27)17(5)14(2)21(13)11-9-20(26)10-12-22-15(3)18(6)24(28)25(29-8)19(22)7;/h9-12,27-28H,1-8H3;1H4/b11-9+,12-10+;. The van der Waals surface area contributed by atoms with Crippen molar-refractivity contribution in [2.24, 2.45) is 0 Å². The molecule has 0 aromatic heterocycles. The average Bonchev–Trinajstić information content (AvgIpc) is 2.69. The van der Waals surface area contributed by atoms with Crippen molar-refractivity contribution < 1.29 is 19.7 Å². The number of methoxy groups -OCH3 is 1. The van der Waals surface area contributed by atoms with Crippen LogP contribution in [-0.4, -0.2) is 23.1 Å². The van der Waals surface area contributed by atoms with Crippen LogP contribution in [0.4, 0.5) is 0 Å². The zero-order valence-corrected chi connectivity index (χ0v) is 18.5. The van der Waals surface area contributed by atoms with Crippen LogP contribution in [0.1, 0.15) is 57.5 Å². The third-order valence-corrected chi connectivity index (χ3v) is 5.96. The molecule has 0 saturated heterocycles. The van der Waals surface area contributed by atoms with Crippen molar-refractivity contribution in [3.8, 4) is 17.2 Å². The number of hydrogen-bond acceptors (Lipinski definition) is 4. The number of phenolic OH excluding ortho intramolecular Hbond substituents is 2. The van der Waals surface area contributed by atoms with E-state index in [4.69, 9.17) is 4.74 Å². The second-order valence-corrected chi connectivity index (χ2v) is 7.50. The molecule has 0 saturated carbocycles. The highest BCUT2D eigenvalue weighted by atomic mass is 16.5. The number of ether oxygens (including phenoxy) is 1. The predicted molar refractivity (Wildman–Crippen MR) is 126 cm³/mol. The molecule has 2 aromatic rings. The van der Waals surface area contributed by atoms with Gasteiger partial charge in [0.05, 0.1) is 7.11 Å². The lowest BCUT2D eigenvalue weighted by atomic mass is 9.92. The molecular weight excluding hydrogens is 376 g/mol. The maximum Gasteiger partial charge on any atom is 0.178 e. The molecule has 0 bridgehead atoms. The Hall–Kier alpha value is -3.01. The van der Waals surface area contributed by atoms with Gasteiger partial charge in [-0.15, -0.1) is 0 Å². The SMILES string of the molecule is C.COc1c(C)c(/C=C/C(=O)/C=C/c2c(C)c(C)c(O)c(C)c2C)c(C)c(C)c1O. The Morgan fingerprint density at radius 1 is 0.667 bits per heavy atom. The fourth-order valence-electron chi connectivity index (χ4n) is 3.59. The maximum atomic E-state index is 12.5. The summed E-state index contributed by atoms with van der Waals surface area (Å²) in [7, 11) is 1.52. The van der Waals surface area contributed by atoms with E-state index in [0.717, 1.165) is 50.1 Å². The molecule has 30 heavy (non-hydrogen) atoms. The lowest BCUT2D eigenvalue weighted by Gasteiger charge is -2.16. The normalized spacial score (nSPS) is 11.2. The topological polar surface area (TPSA) is 66.8 Å².